The number of amides is 1. The number of aromatic nitrogens is 4. The van der Waals surface area contributed by atoms with Gasteiger partial charge in [-0.05, 0) is 37.1 Å². The fourth-order valence-electron chi connectivity index (χ4n) is 3.99. The highest BCUT2D eigenvalue weighted by atomic mass is 35.5. The second kappa shape index (κ2) is 9.47. The first-order valence-electron chi connectivity index (χ1n) is 11.3. The van der Waals surface area contributed by atoms with Gasteiger partial charge in [-0.25, -0.2) is 15.0 Å². The molecule has 10 nitrogen and oxygen atoms in total. The minimum Gasteiger partial charge on any atom is -0.422 e. The number of nitrogens with zero attached hydrogens (tertiary/aromatic N) is 5. The van der Waals surface area contributed by atoms with Gasteiger partial charge in [0.05, 0.1) is 30.3 Å². The third-order valence-corrected chi connectivity index (χ3v) is 5.96. The first-order valence-corrected chi connectivity index (χ1v) is 11.3. The molecule has 1 saturated heterocycles. The standard InChI is InChI=1S/C24H23N7O3.ClH/c25-20-7-6-15(13-26-20)16-2-1-3-17(27-16)23(32)28-18-12-19-22(29-21(18)14-4-5-14)30-24(34-19)31-8-10-33-11-9-31;/h1-3,6-7,12-14H,4-5,8-11H2,(H2,25,26)(H,28,32);1H. The van der Waals surface area contributed by atoms with Crippen LogP contribution in [0.1, 0.15) is 34.9 Å². The van der Waals surface area contributed by atoms with E-state index in [2.05, 4.69) is 20.3 Å². The zero-order valence-corrected chi connectivity index (χ0v) is 19.6. The van der Waals surface area contributed by atoms with Gasteiger partial charge in [-0.15, -0.1) is 12.4 Å². The SMILES string of the molecule is Cl.Nc1ccc(-c2cccc(C(=O)Nc3cc4oc(N5CCOCC5)nc4nc3C3CC3)n2)cn1. The van der Waals surface area contributed by atoms with Gasteiger partial charge in [0.2, 0.25) is 5.65 Å². The van der Waals surface area contributed by atoms with Crippen LogP contribution in [0, 0.1) is 0 Å². The lowest BCUT2D eigenvalue weighted by Crippen LogP contribution is -2.36. The van der Waals surface area contributed by atoms with Gasteiger partial charge in [0.25, 0.3) is 11.9 Å². The number of hydrogen-bond donors (Lipinski definition) is 2. The van der Waals surface area contributed by atoms with Crippen molar-refractivity contribution >= 4 is 47.1 Å². The maximum Gasteiger partial charge on any atom is 0.300 e. The van der Waals surface area contributed by atoms with Gasteiger partial charge in [0.1, 0.15) is 11.5 Å². The minimum atomic E-state index is -0.318. The molecule has 180 valence electrons. The van der Waals surface area contributed by atoms with Gasteiger partial charge in [-0.3, -0.25) is 4.79 Å². The summed E-state index contributed by atoms with van der Waals surface area (Å²) in [6.45, 7) is 2.72. The molecule has 0 aromatic carbocycles. The Morgan fingerprint density at radius 3 is 2.66 bits per heavy atom. The summed E-state index contributed by atoms with van der Waals surface area (Å²) in [5.74, 6) is 0.418. The quantitative estimate of drug-likeness (QED) is 0.427. The van der Waals surface area contributed by atoms with Crippen LogP contribution in [0.4, 0.5) is 17.5 Å². The molecule has 6 rings (SSSR count). The molecule has 0 unspecified atom stereocenters. The van der Waals surface area contributed by atoms with E-state index in [4.69, 9.17) is 19.9 Å². The first-order chi connectivity index (χ1) is 16.6. The van der Waals surface area contributed by atoms with Crippen molar-refractivity contribution in [3.05, 3.63) is 54.0 Å². The lowest BCUT2D eigenvalue weighted by atomic mass is 10.1. The normalized spacial score (nSPS) is 15.6. The Hall–Kier alpha value is -3.76. The number of nitrogen functional groups attached to an aromatic ring is 1. The Bertz CT molecular complexity index is 1370. The van der Waals surface area contributed by atoms with Gasteiger partial charge in [0.15, 0.2) is 5.58 Å². The molecule has 1 amide bonds. The molecule has 2 fully saturated rings. The average molecular weight is 494 g/mol. The van der Waals surface area contributed by atoms with E-state index < -0.39 is 0 Å². The molecule has 1 aliphatic heterocycles. The van der Waals surface area contributed by atoms with Crippen molar-refractivity contribution < 1.29 is 13.9 Å². The van der Waals surface area contributed by atoms with Gasteiger partial charge in [-0.1, -0.05) is 6.07 Å². The van der Waals surface area contributed by atoms with Crippen LogP contribution in [-0.2, 0) is 4.74 Å². The highest BCUT2D eigenvalue weighted by molar-refractivity contribution is 6.04. The van der Waals surface area contributed by atoms with E-state index in [1.165, 1.54) is 0 Å². The molecular formula is C24H24ClN7O3. The molecule has 35 heavy (non-hydrogen) atoms. The molecule has 5 heterocycles. The van der Waals surface area contributed by atoms with E-state index in [1.807, 2.05) is 23.1 Å². The van der Waals surface area contributed by atoms with Crippen LogP contribution in [0.2, 0.25) is 0 Å². The molecule has 4 aromatic heterocycles. The zero-order valence-electron chi connectivity index (χ0n) is 18.8. The van der Waals surface area contributed by atoms with E-state index in [0.29, 0.717) is 59.3 Å². The number of morpholine rings is 1. The Balaban J connectivity index is 0.00000253. The van der Waals surface area contributed by atoms with E-state index in [9.17, 15) is 4.79 Å². The summed E-state index contributed by atoms with van der Waals surface area (Å²) in [5, 5.41) is 3.00. The van der Waals surface area contributed by atoms with Crippen molar-refractivity contribution in [2.24, 2.45) is 0 Å². The Labute approximate surface area is 207 Å². The molecule has 1 saturated carbocycles. The maximum absolute atomic E-state index is 13.1. The number of nitrogens with two attached hydrogens (primary N) is 1. The number of nitrogens with one attached hydrogen (secondary N) is 1. The summed E-state index contributed by atoms with van der Waals surface area (Å²) in [5.41, 5.74) is 9.95. The molecule has 0 bridgehead atoms. The number of rotatable bonds is 5. The molecule has 0 atom stereocenters. The van der Waals surface area contributed by atoms with Crippen molar-refractivity contribution in [3.63, 3.8) is 0 Å². The number of carbonyl (C=O) groups excluding carboxylic acids is 1. The summed E-state index contributed by atoms with van der Waals surface area (Å²) >= 11 is 0. The zero-order chi connectivity index (χ0) is 23.1. The largest absolute Gasteiger partial charge is 0.422 e. The third-order valence-electron chi connectivity index (χ3n) is 5.96. The number of carbonyl (C=O) groups is 1. The van der Waals surface area contributed by atoms with E-state index >= 15 is 0 Å². The highest BCUT2D eigenvalue weighted by Crippen LogP contribution is 2.43. The molecule has 2 aliphatic rings. The van der Waals surface area contributed by atoms with Crippen molar-refractivity contribution in [2.75, 3.05) is 42.3 Å². The Morgan fingerprint density at radius 2 is 1.91 bits per heavy atom. The van der Waals surface area contributed by atoms with E-state index in [-0.39, 0.29) is 18.3 Å². The maximum atomic E-state index is 13.1. The number of halogens is 1. The summed E-state index contributed by atoms with van der Waals surface area (Å²) in [7, 11) is 0. The van der Waals surface area contributed by atoms with Gasteiger partial charge >= 0.3 is 0 Å². The van der Waals surface area contributed by atoms with Crippen LogP contribution < -0.4 is 16.0 Å². The number of fused-ring (bicyclic) bond motifs is 1. The Morgan fingerprint density at radius 1 is 1.09 bits per heavy atom. The fraction of sp³-hybridized carbons (Fsp3) is 0.292. The minimum absolute atomic E-state index is 0. The lowest BCUT2D eigenvalue weighted by Gasteiger charge is -2.24. The average Bonchev–Trinajstić information content (AvgIpc) is 3.63. The fourth-order valence-corrected chi connectivity index (χ4v) is 3.99. The smallest absolute Gasteiger partial charge is 0.300 e. The monoisotopic (exact) mass is 493 g/mol. The van der Waals surface area contributed by atoms with Gasteiger partial charge in [-0.2, -0.15) is 4.98 Å². The van der Waals surface area contributed by atoms with Crippen molar-refractivity contribution in [3.8, 4) is 11.3 Å². The van der Waals surface area contributed by atoms with Crippen molar-refractivity contribution in [2.45, 2.75) is 18.8 Å². The predicted octanol–water partition coefficient (Wildman–Crippen LogP) is 3.65. The highest BCUT2D eigenvalue weighted by Gasteiger charge is 2.30. The van der Waals surface area contributed by atoms with E-state index in [1.54, 1.807) is 24.4 Å². The number of anilines is 3. The van der Waals surface area contributed by atoms with E-state index in [0.717, 1.165) is 37.2 Å². The van der Waals surface area contributed by atoms with Crippen molar-refractivity contribution in [1.29, 1.82) is 0 Å². The van der Waals surface area contributed by atoms with Crippen LogP contribution >= 0.6 is 12.4 Å². The lowest BCUT2D eigenvalue weighted by molar-refractivity contribution is 0.102. The predicted molar refractivity (Wildman–Crippen MR) is 134 cm³/mol. The Kier molecular flexibility index (Phi) is 6.23. The molecule has 3 N–H and O–H groups in total. The molecule has 0 radical (unpaired) electrons. The number of hydrogen-bond acceptors (Lipinski definition) is 9. The van der Waals surface area contributed by atoms with Gasteiger partial charge in [0, 0.05) is 36.8 Å². The molecule has 11 heteroatoms. The van der Waals surface area contributed by atoms with Crippen LogP contribution in [0.25, 0.3) is 22.5 Å². The first kappa shape index (κ1) is 23.0. The molecule has 1 aliphatic carbocycles. The summed E-state index contributed by atoms with van der Waals surface area (Å²) < 4.78 is 11.4. The number of pyridine rings is 3. The van der Waals surface area contributed by atoms with Crippen LogP contribution in [-0.4, -0.2) is 52.1 Å². The molecular weight excluding hydrogens is 470 g/mol. The van der Waals surface area contributed by atoms with Crippen molar-refractivity contribution in [1.82, 2.24) is 19.9 Å². The van der Waals surface area contributed by atoms with Crippen LogP contribution in [0.5, 0.6) is 0 Å². The molecule has 4 aromatic rings. The number of ether oxygens (including phenoxy) is 1. The van der Waals surface area contributed by atoms with Gasteiger partial charge < -0.3 is 25.1 Å². The summed E-state index contributed by atoms with van der Waals surface area (Å²) in [4.78, 5) is 33.1. The van der Waals surface area contributed by atoms with Crippen LogP contribution in [0.15, 0.2) is 47.0 Å². The molecule has 0 spiro atoms. The van der Waals surface area contributed by atoms with Crippen LogP contribution in [0.3, 0.4) is 0 Å². The second-order valence-electron chi connectivity index (χ2n) is 8.45. The summed E-state index contributed by atoms with van der Waals surface area (Å²) in [6.07, 6.45) is 3.71. The summed E-state index contributed by atoms with van der Waals surface area (Å²) in [6, 6.07) is 11.2. The topological polar surface area (TPSA) is 132 Å². The number of oxazole rings is 1. The third kappa shape index (κ3) is 4.75. The second-order valence-corrected chi connectivity index (χ2v) is 8.45.